The third kappa shape index (κ3) is 8.10. The molecule has 0 aliphatic carbocycles. The third-order valence-electron chi connectivity index (χ3n) is 6.17. The van der Waals surface area contributed by atoms with E-state index in [2.05, 4.69) is 40.2 Å². The van der Waals surface area contributed by atoms with E-state index in [-0.39, 0.29) is 23.1 Å². The van der Waals surface area contributed by atoms with Gasteiger partial charge in [0.25, 0.3) is 5.91 Å². The number of benzene rings is 3. The predicted molar refractivity (Wildman–Crippen MR) is 154 cm³/mol. The second-order valence-corrected chi connectivity index (χ2v) is 9.96. The minimum absolute atomic E-state index is 0.151. The number of hydrogen-bond acceptors (Lipinski definition) is 6. The molecule has 3 amide bonds. The van der Waals surface area contributed by atoms with Crippen LogP contribution in [-0.2, 0) is 14.4 Å². The highest BCUT2D eigenvalue weighted by Gasteiger charge is 2.30. The molecule has 5 N–H and O–H groups in total. The number of carbonyl (C=O) groups excluding carboxylic acids is 4. The number of nitrogens with two attached hydrogens (primary N) is 1. The highest BCUT2D eigenvalue weighted by molar-refractivity contribution is 6.67. The summed E-state index contributed by atoms with van der Waals surface area (Å²) < 4.78 is 0. The highest BCUT2D eigenvalue weighted by atomic mass is 16.2. The number of hydrazone groups is 1. The lowest BCUT2D eigenvalue weighted by molar-refractivity contribution is -0.124. The molecular formula is C30H33N5O4. The number of anilines is 3. The van der Waals surface area contributed by atoms with E-state index < -0.39 is 23.0 Å². The molecule has 1 unspecified atom stereocenters. The fourth-order valence-electron chi connectivity index (χ4n) is 4.07. The van der Waals surface area contributed by atoms with Gasteiger partial charge in [0.2, 0.25) is 11.8 Å². The maximum Gasteiger partial charge on any atom is 0.279 e. The number of Topliss-reactive ketones (excluding diaryl/α,β-unsaturated/α-hetero) is 1. The zero-order valence-corrected chi connectivity index (χ0v) is 22.4. The summed E-state index contributed by atoms with van der Waals surface area (Å²) in [7, 11) is 0. The van der Waals surface area contributed by atoms with Crippen molar-refractivity contribution in [1.29, 1.82) is 0 Å². The minimum atomic E-state index is -0.735. The number of amides is 3. The van der Waals surface area contributed by atoms with Gasteiger partial charge in [-0.25, -0.2) is 0 Å². The van der Waals surface area contributed by atoms with Crippen LogP contribution in [0.3, 0.4) is 0 Å². The van der Waals surface area contributed by atoms with E-state index in [0.29, 0.717) is 23.5 Å². The maximum atomic E-state index is 13.1. The molecule has 0 aliphatic rings. The van der Waals surface area contributed by atoms with E-state index in [1.165, 1.54) is 24.6 Å². The van der Waals surface area contributed by atoms with E-state index in [4.69, 9.17) is 5.73 Å². The van der Waals surface area contributed by atoms with Gasteiger partial charge in [0.05, 0.1) is 5.69 Å². The Hall–Kier alpha value is -4.79. The van der Waals surface area contributed by atoms with Crippen molar-refractivity contribution in [3.63, 3.8) is 0 Å². The van der Waals surface area contributed by atoms with Gasteiger partial charge in [-0.1, -0.05) is 63.2 Å². The quantitative estimate of drug-likeness (QED) is 0.159. The second-order valence-electron chi connectivity index (χ2n) is 9.96. The molecule has 0 aromatic heterocycles. The van der Waals surface area contributed by atoms with Crippen LogP contribution in [0.4, 0.5) is 17.1 Å². The van der Waals surface area contributed by atoms with Crippen LogP contribution < -0.4 is 21.8 Å². The summed E-state index contributed by atoms with van der Waals surface area (Å²) in [5.74, 6) is -1.88. The fraction of sp³-hybridized carbons (Fsp3) is 0.233. The molecule has 0 spiro atoms. The van der Waals surface area contributed by atoms with Gasteiger partial charge in [-0.15, -0.1) is 0 Å². The molecular weight excluding hydrogens is 494 g/mol. The van der Waals surface area contributed by atoms with E-state index in [1.54, 1.807) is 36.4 Å². The summed E-state index contributed by atoms with van der Waals surface area (Å²) in [6.07, 6.45) is 0.646. The summed E-state index contributed by atoms with van der Waals surface area (Å²) in [6, 6.07) is 22.9. The van der Waals surface area contributed by atoms with E-state index in [1.807, 2.05) is 32.0 Å². The van der Waals surface area contributed by atoms with E-state index in [0.717, 1.165) is 0 Å². The van der Waals surface area contributed by atoms with Crippen LogP contribution in [0.1, 0.15) is 56.0 Å². The number of primary amides is 1. The lowest BCUT2D eigenvalue weighted by Gasteiger charge is -2.27. The van der Waals surface area contributed by atoms with Crippen molar-refractivity contribution in [2.75, 3.05) is 16.1 Å². The lowest BCUT2D eigenvalue weighted by Crippen LogP contribution is -2.32. The first-order valence-corrected chi connectivity index (χ1v) is 12.5. The molecule has 0 radical (unpaired) electrons. The number of nitrogens with one attached hydrogen (secondary N) is 3. The third-order valence-corrected chi connectivity index (χ3v) is 6.17. The van der Waals surface area contributed by atoms with Crippen LogP contribution in [0, 0.1) is 5.41 Å². The first-order chi connectivity index (χ1) is 18.5. The number of hydrogen-bond donors (Lipinski definition) is 4. The van der Waals surface area contributed by atoms with Crippen LogP contribution in [0.5, 0.6) is 0 Å². The van der Waals surface area contributed by atoms with Gasteiger partial charge in [-0.2, -0.15) is 5.10 Å². The van der Waals surface area contributed by atoms with Crippen LogP contribution >= 0.6 is 0 Å². The fourth-order valence-corrected chi connectivity index (χ4v) is 4.07. The van der Waals surface area contributed by atoms with Gasteiger partial charge in [-0.3, -0.25) is 24.6 Å². The minimum Gasteiger partial charge on any atom is -0.366 e. The Labute approximate surface area is 227 Å². The first kappa shape index (κ1) is 28.8. The summed E-state index contributed by atoms with van der Waals surface area (Å²) in [5.41, 5.74) is 9.55. The average Bonchev–Trinajstić information content (AvgIpc) is 2.89. The van der Waals surface area contributed by atoms with Crippen molar-refractivity contribution in [3.05, 3.63) is 90.0 Å². The molecule has 202 valence electrons. The lowest BCUT2D eigenvalue weighted by atomic mass is 9.80. The van der Waals surface area contributed by atoms with Gasteiger partial charge >= 0.3 is 0 Å². The SMILES string of the molecule is CC(=O)/C(=N/Nc1cccc(C(N)=O)c1)C(=O)Nc1cccc(NC(=O)C(C)(C)CC(C)c2ccccc2)c1. The molecule has 3 rings (SSSR count). The number of carbonyl (C=O) groups is 4. The molecule has 3 aromatic carbocycles. The van der Waals surface area contributed by atoms with Gasteiger partial charge in [0, 0.05) is 29.3 Å². The Bertz CT molecular complexity index is 1400. The molecule has 3 aromatic rings. The van der Waals surface area contributed by atoms with E-state index >= 15 is 0 Å². The second kappa shape index (κ2) is 12.6. The summed E-state index contributed by atoms with van der Waals surface area (Å²) in [6.45, 7) is 7.11. The molecule has 0 saturated heterocycles. The number of ketones is 1. The monoisotopic (exact) mass is 527 g/mol. The molecule has 0 saturated carbocycles. The van der Waals surface area contributed by atoms with Crippen molar-refractivity contribution in [2.45, 2.75) is 40.0 Å². The maximum absolute atomic E-state index is 13.1. The summed E-state index contributed by atoms with van der Waals surface area (Å²) in [5, 5.41) is 9.50. The van der Waals surface area contributed by atoms with Gasteiger partial charge < -0.3 is 16.4 Å². The number of nitrogens with zero attached hydrogens (tertiary/aromatic N) is 1. The molecule has 0 heterocycles. The molecule has 1 atom stereocenters. The van der Waals surface area contributed by atoms with Gasteiger partial charge in [0.1, 0.15) is 0 Å². The first-order valence-electron chi connectivity index (χ1n) is 12.5. The Balaban J connectivity index is 1.67. The van der Waals surface area contributed by atoms with Crippen LogP contribution in [0.15, 0.2) is 84.0 Å². The molecule has 9 nitrogen and oxygen atoms in total. The van der Waals surface area contributed by atoms with Gasteiger partial charge in [-0.05, 0) is 54.3 Å². The predicted octanol–water partition coefficient (Wildman–Crippen LogP) is 4.94. The largest absolute Gasteiger partial charge is 0.366 e. The summed E-state index contributed by atoms with van der Waals surface area (Å²) >= 11 is 0. The Morgan fingerprint density at radius 3 is 2.10 bits per heavy atom. The van der Waals surface area contributed by atoms with Crippen molar-refractivity contribution in [2.24, 2.45) is 16.3 Å². The van der Waals surface area contributed by atoms with E-state index in [9.17, 15) is 19.2 Å². The molecule has 0 aliphatic heterocycles. The van der Waals surface area contributed by atoms with Crippen LogP contribution in [-0.4, -0.2) is 29.2 Å². The van der Waals surface area contributed by atoms with Crippen molar-refractivity contribution in [1.82, 2.24) is 0 Å². The topological polar surface area (TPSA) is 143 Å². The van der Waals surface area contributed by atoms with Gasteiger partial charge in [0.15, 0.2) is 11.5 Å². The Morgan fingerprint density at radius 1 is 0.846 bits per heavy atom. The highest BCUT2D eigenvalue weighted by Crippen LogP contribution is 2.32. The smallest absolute Gasteiger partial charge is 0.279 e. The number of rotatable bonds is 11. The average molecular weight is 528 g/mol. The molecule has 0 fully saturated rings. The van der Waals surface area contributed by atoms with Crippen molar-refractivity contribution in [3.8, 4) is 0 Å². The molecule has 9 heteroatoms. The zero-order valence-electron chi connectivity index (χ0n) is 22.4. The standard InChI is InChI=1S/C30H33N5O4/c1-19(21-10-6-5-7-11-21)18-30(3,4)29(39)33-24-14-9-13-23(17-24)32-28(38)26(20(2)36)35-34-25-15-8-12-22(16-25)27(31)37/h5-17,19,34H,18H2,1-4H3,(H2,31,37)(H,32,38)(H,33,39)/b35-26-. The van der Waals surface area contributed by atoms with Crippen molar-refractivity contribution >= 4 is 46.3 Å². The Kier molecular flexibility index (Phi) is 9.33. The molecule has 39 heavy (non-hydrogen) atoms. The normalized spacial score (nSPS) is 12.3. The van der Waals surface area contributed by atoms with Crippen LogP contribution in [0.25, 0.3) is 0 Å². The molecule has 0 bridgehead atoms. The van der Waals surface area contributed by atoms with Crippen LogP contribution in [0.2, 0.25) is 0 Å². The Morgan fingerprint density at radius 2 is 1.46 bits per heavy atom. The zero-order chi connectivity index (χ0) is 28.6. The van der Waals surface area contributed by atoms with Crippen molar-refractivity contribution < 1.29 is 19.2 Å². The summed E-state index contributed by atoms with van der Waals surface area (Å²) in [4.78, 5) is 49.5.